The molecule has 5 heavy (non-hydrogen) atoms. The zero-order valence-corrected chi connectivity index (χ0v) is 6.49. The zero-order valence-electron chi connectivity index (χ0n) is 3.52. The Morgan fingerprint density at radius 1 is 0.800 bits per heavy atom. The van der Waals surface area contributed by atoms with Crippen LogP contribution in [-0.2, 0) is 19.5 Å². The van der Waals surface area contributed by atoms with Crippen molar-refractivity contribution < 1.29 is 29.7 Å². The van der Waals surface area contributed by atoms with Crippen LogP contribution in [0.15, 0.2) is 0 Å². The number of rotatable bonds is 0. The van der Waals surface area contributed by atoms with Gasteiger partial charge in [0.25, 0.3) is 0 Å². The maximum absolute atomic E-state index is 8.25. The van der Waals surface area contributed by atoms with Crippen molar-refractivity contribution in [1.29, 1.82) is 0 Å². The van der Waals surface area contributed by atoms with E-state index >= 15 is 0 Å². The van der Waals surface area contributed by atoms with Crippen molar-refractivity contribution in [3.05, 3.63) is 0 Å². The molecule has 0 amide bonds. The quantitative estimate of drug-likeness (QED) is 0.352. The van der Waals surface area contributed by atoms with Gasteiger partial charge in [-0.25, -0.2) is 0 Å². The molecule has 0 bridgehead atoms. The topological polar surface area (TPSA) is 46.1 Å². The van der Waals surface area contributed by atoms with Crippen LogP contribution in [-0.4, -0.2) is 14.2 Å². The summed E-state index contributed by atoms with van der Waals surface area (Å²) in [5, 5.41) is 16.5. The van der Waals surface area contributed by atoms with E-state index in [0.29, 0.717) is 0 Å². The summed E-state index contributed by atoms with van der Waals surface area (Å²) in [5.41, 5.74) is 0. The Kier molecular flexibility index (Phi) is 684. The molecule has 2 nitrogen and oxygen atoms in total. The van der Waals surface area contributed by atoms with Crippen molar-refractivity contribution in [2.45, 2.75) is 0 Å². The van der Waals surface area contributed by atoms with Gasteiger partial charge in [0.15, 0.2) is 0 Å². The predicted molar refractivity (Wildman–Crippen MR) is 11.8 cm³/mol. The Hall–Kier alpha value is 0.543. The molecule has 0 aromatic carbocycles. The SMILES string of the molecule is C[O-].C[O-].[Zn+2]. The van der Waals surface area contributed by atoms with E-state index in [0.717, 1.165) is 14.2 Å². The Morgan fingerprint density at radius 3 is 0.800 bits per heavy atom. The van der Waals surface area contributed by atoms with Gasteiger partial charge < -0.3 is 10.2 Å². The summed E-state index contributed by atoms with van der Waals surface area (Å²) < 4.78 is 0. The Bertz CT molecular complexity index is 7.61. The van der Waals surface area contributed by atoms with Gasteiger partial charge in [0, 0.05) is 0 Å². The molecule has 0 rings (SSSR count). The second-order valence-corrected chi connectivity index (χ2v) is 0. The molecule has 0 aromatic heterocycles. The molecule has 0 saturated heterocycles. The third-order valence-corrected chi connectivity index (χ3v) is 0. The van der Waals surface area contributed by atoms with E-state index in [2.05, 4.69) is 0 Å². The first-order chi connectivity index (χ1) is 2.00. The van der Waals surface area contributed by atoms with Crippen LogP contribution < -0.4 is 10.2 Å². The van der Waals surface area contributed by atoms with Gasteiger partial charge in [-0.1, -0.05) is 0 Å². The maximum Gasteiger partial charge on any atom is 2.00 e. The second-order valence-electron chi connectivity index (χ2n) is 0. The van der Waals surface area contributed by atoms with Crippen LogP contribution in [0.3, 0.4) is 0 Å². The van der Waals surface area contributed by atoms with Crippen molar-refractivity contribution in [3.8, 4) is 0 Å². The molecule has 0 saturated carbocycles. The summed E-state index contributed by atoms with van der Waals surface area (Å²) in [6, 6.07) is 0. The normalized spacial score (nSPS) is 2.40. The second kappa shape index (κ2) is 193. The van der Waals surface area contributed by atoms with E-state index in [4.69, 9.17) is 10.2 Å². The van der Waals surface area contributed by atoms with Crippen LogP contribution in [0.1, 0.15) is 0 Å². The molecular weight excluding hydrogens is 121 g/mol. The van der Waals surface area contributed by atoms with E-state index in [9.17, 15) is 0 Å². The van der Waals surface area contributed by atoms with Crippen LogP contribution >= 0.6 is 0 Å². The molecule has 0 aromatic rings. The fraction of sp³-hybridized carbons (Fsp3) is 1.00. The fourth-order valence-corrected chi connectivity index (χ4v) is 0. The first-order valence-electron chi connectivity index (χ1n) is 0.816. The van der Waals surface area contributed by atoms with Gasteiger partial charge >= 0.3 is 19.5 Å². The van der Waals surface area contributed by atoms with Crippen molar-refractivity contribution in [2.75, 3.05) is 14.2 Å². The summed E-state index contributed by atoms with van der Waals surface area (Å²) >= 11 is 0. The molecule has 0 atom stereocenters. The average molecular weight is 127 g/mol. The fourth-order valence-electron chi connectivity index (χ4n) is 0. The molecule has 0 N–H and O–H groups in total. The Labute approximate surface area is 44.6 Å². The molecule has 28 valence electrons. The monoisotopic (exact) mass is 126 g/mol. The average Bonchev–Trinajstić information content (AvgIpc) is 1.50. The third-order valence-electron chi connectivity index (χ3n) is 0. The summed E-state index contributed by atoms with van der Waals surface area (Å²) in [6.07, 6.45) is 0. The summed E-state index contributed by atoms with van der Waals surface area (Å²) in [5.74, 6) is 0. The van der Waals surface area contributed by atoms with Gasteiger partial charge in [0.1, 0.15) is 0 Å². The van der Waals surface area contributed by atoms with Crippen LogP contribution in [0.2, 0.25) is 0 Å². The molecule has 0 aliphatic heterocycles. The maximum atomic E-state index is 8.25. The van der Waals surface area contributed by atoms with Gasteiger partial charge in [0.05, 0.1) is 0 Å². The third kappa shape index (κ3) is 99.5. The Balaban J connectivity index is -0.0000000133. The minimum Gasteiger partial charge on any atom is -0.857 e. The minimum atomic E-state index is 0. The summed E-state index contributed by atoms with van der Waals surface area (Å²) in [4.78, 5) is 0. The number of hydrogen-bond donors (Lipinski definition) is 0. The van der Waals surface area contributed by atoms with Crippen molar-refractivity contribution in [1.82, 2.24) is 0 Å². The first kappa shape index (κ1) is 17.7. The zero-order chi connectivity index (χ0) is 4.00. The molecule has 0 aliphatic rings. The van der Waals surface area contributed by atoms with Crippen LogP contribution in [0, 0.1) is 0 Å². The van der Waals surface area contributed by atoms with Crippen molar-refractivity contribution >= 4 is 0 Å². The van der Waals surface area contributed by atoms with Crippen LogP contribution in [0.4, 0.5) is 0 Å². The van der Waals surface area contributed by atoms with Crippen molar-refractivity contribution in [3.63, 3.8) is 0 Å². The number of hydrogen-bond acceptors (Lipinski definition) is 2. The van der Waals surface area contributed by atoms with Crippen molar-refractivity contribution in [2.24, 2.45) is 0 Å². The largest absolute Gasteiger partial charge is 2.00 e. The van der Waals surface area contributed by atoms with E-state index in [1.807, 2.05) is 0 Å². The summed E-state index contributed by atoms with van der Waals surface area (Å²) in [7, 11) is 1.50. The summed E-state index contributed by atoms with van der Waals surface area (Å²) in [6.45, 7) is 0. The van der Waals surface area contributed by atoms with Crippen LogP contribution in [0.5, 0.6) is 0 Å². The first-order valence-corrected chi connectivity index (χ1v) is 0.816. The molecule has 0 heterocycles. The predicted octanol–water partition coefficient (Wildman–Crippen LogP) is -2.05. The van der Waals surface area contributed by atoms with Gasteiger partial charge in [-0.05, 0) is 0 Å². The molecule has 0 aliphatic carbocycles. The molecule has 0 unspecified atom stereocenters. The molecule has 0 radical (unpaired) electrons. The Morgan fingerprint density at radius 2 is 0.800 bits per heavy atom. The molecule has 0 spiro atoms. The molecular formula is C2H6O2Zn. The molecule has 3 heteroatoms. The molecule has 0 fully saturated rings. The van der Waals surface area contributed by atoms with Crippen LogP contribution in [0.25, 0.3) is 0 Å². The smallest absolute Gasteiger partial charge is 0.857 e. The van der Waals surface area contributed by atoms with Gasteiger partial charge in [-0.3, -0.25) is 0 Å². The van der Waals surface area contributed by atoms with E-state index in [1.54, 1.807) is 0 Å². The van der Waals surface area contributed by atoms with Gasteiger partial charge in [-0.15, -0.1) is 0 Å². The van der Waals surface area contributed by atoms with Gasteiger partial charge in [0.2, 0.25) is 0 Å². The van der Waals surface area contributed by atoms with E-state index in [1.165, 1.54) is 0 Å². The van der Waals surface area contributed by atoms with E-state index < -0.39 is 0 Å². The van der Waals surface area contributed by atoms with E-state index in [-0.39, 0.29) is 19.5 Å². The standard InChI is InChI=1S/2CH3O.Zn/c2*1-2;/h2*1H3;/q2*-1;+2. The van der Waals surface area contributed by atoms with Gasteiger partial charge in [-0.2, -0.15) is 14.2 Å². The minimum absolute atomic E-state index is 0.